The lowest BCUT2D eigenvalue weighted by Gasteiger charge is -2.13. The first-order valence-electron chi connectivity index (χ1n) is 9.99. The average Bonchev–Trinajstić information content (AvgIpc) is 3.43. The standard InChI is InChI=1S/C23H19N7/c1-2-6-26-19(3-1)18-12-25-13-21-16(18)10-20(28-21)22-17-9-15(11-27-23(17)30-29-22)14-4-7-24-8-5-14/h1-4,6,9-13,24,28H,5,7-8H2,(H,27,29,30). The molecule has 1 aliphatic rings. The van der Waals surface area contributed by atoms with Crippen molar-refractivity contribution in [1.29, 1.82) is 0 Å². The summed E-state index contributed by atoms with van der Waals surface area (Å²) in [4.78, 5) is 17.0. The van der Waals surface area contributed by atoms with E-state index in [1.165, 1.54) is 5.57 Å². The fourth-order valence-electron chi connectivity index (χ4n) is 4.07. The van der Waals surface area contributed by atoms with Crippen molar-refractivity contribution in [3.8, 4) is 22.6 Å². The maximum absolute atomic E-state index is 4.61. The predicted octanol–water partition coefficient (Wildman–Crippen LogP) is 3.94. The molecule has 0 spiro atoms. The minimum Gasteiger partial charge on any atom is -0.352 e. The van der Waals surface area contributed by atoms with E-state index in [4.69, 9.17) is 0 Å². The Hall–Kier alpha value is -3.84. The van der Waals surface area contributed by atoms with Crippen LogP contribution in [-0.2, 0) is 0 Å². The number of nitrogens with zero attached hydrogens (tertiary/aromatic N) is 4. The highest BCUT2D eigenvalue weighted by Gasteiger charge is 2.16. The quantitative estimate of drug-likeness (QED) is 0.432. The molecule has 0 fully saturated rings. The third-order valence-electron chi connectivity index (χ3n) is 5.59. The molecule has 0 amide bonds. The Labute approximate surface area is 172 Å². The summed E-state index contributed by atoms with van der Waals surface area (Å²) in [6, 6.07) is 10.2. The largest absolute Gasteiger partial charge is 0.352 e. The van der Waals surface area contributed by atoms with E-state index < -0.39 is 0 Å². The minimum atomic E-state index is 0.782. The zero-order valence-corrected chi connectivity index (χ0v) is 16.2. The van der Waals surface area contributed by atoms with E-state index in [9.17, 15) is 0 Å². The number of hydrogen-bond acceptors (Lipinski definition) is 5. The van der Waals surface area contributed by atoms with Crippen molar-refractivity contribution >= 4 is 27.5 Å². The maximum Gasteiger partial charge on any atom is 0.155 e. The van der Waals surface area contributed by atoms with Crippen molar-refractivity contribution in [3.63, 3.8) is 0 Å². The summed E-state index contributed by atoms with van der Waals surface area (Å²) in [5.74, 6) is 0. The first-order chi connectivity index (χ1) is 14.9. The Balaban J connectivity index is 1.50. The average molecular weight is 393 g/mol. The molecule has 0 atom stereocenters. The van der Waals surface area contributed by atoms with Gasteiger partial charge >= 0.3 is 0 Å². The van der Waals surface area contributed by atoms with Gasteiger partial charge in [-0.05, 0) is 48.4 Å². The molecule has 0 radical (unpaired) electrons. The van der Waals surface area contributed by atoms with Crippen molar-refractivity contribution in [2.45, 2.75) is 6.42 Å². The van der Waals surface area contributed by atoms with Gasteiger partial charge in [-0.15, -0.1) is 0 Å². The Kier molecular flexibility index (Phi) is 3.92. The lowest BCUT2D eigenvalue weighted by Crippen LogP contribution is -2.20. The van der Waals surface area contributed by atoms with Crippen LogP contribution in [0.15, 0.2) is 61.2 Å². The van der Waals surface area contributed by atoms with Crippen LogP contribution in [-0.4, -0.2) is 43.2 Å². The van der Waals surface area contributed by atoms with E-state index >= 15 is 0 Å². The molecule has 5 aromatic rings. The minimum absolute atomic E-state index is 0.782. The first-order valence-corrected chi connectivity index (χ1v) is 9.99. The Morgan fingerprint density at radius 2 is 1.97 bits per heavy atom. The van der Waals surface area contributed by atoms with Crippen LogP contribution in [0.4, 0.5) is 0 Å². The van der Waals surface area contributed by atoms with Crippen LogP contribution in [0.25, 0.3) is 50.2 Å². The number of pyridine rings is 3. The van der Waals surface area contributed by atoms with Gasteiger partial charge in [-0.25, -0.2) is 4.98 Å². The monoisotopic (exact) mass is 393 g/mol. The summed E-state index contributed by atoms with van der Waals surface area (Å²) in [5, 5.41) is 13.1. The van der Waals surface area contributed by atoms with Gasteiger partial charge in [0.1, 0.15) is 5.69 Å². The third-order valence-corrected chi connectivity index (χ3v) is 5.59. The number of aromatic nitrogens is 6. The summed E-state index contributed by atoms with van der Waals surface area (Å²) < 4.78 is 0. The van der Waals surface area contributed by atoms with Gasteiger partial charge < -0.3 is 10.3 Å². The first kappa shape index (κ1) is 17.1. The zero-order valence-electron chi connectivity index (χ0n) is 16.2. The molecule has 146 valence electrons. The highest BCUT2D eigenvalue weighted by molar-refractivity contribution is 6.00. The zero-order chi connectivity index (χ0) is 19.9. The lowest BCUT2D eigenvalue weighted by molar-refractivity contribution is 0.738. The Bertz CT molecular complexity index is 1400. The highest BCUT2D eigenvalue weighted by atomic mass is 15.2. The fraction of sp³-hybridized carbons (Fsp3) is 0.130. The van der Waals surface area contributed by atoms with E-state index in [1.807, 2.05) is 36.8 Å². The number of H-pyrrole nitrogens is 2. The molecule has 0 unspecified atom stereocenters. The number of hydrogen-bond donors (Lipinski definition) is 3. The van der Waals surface area contributed by atoms with Gasteiger partial charge in [0, 0.05) is 41.5 Å². The third kappa shape index (κ3) is 2.79. The predicted molar refractivity (Wildman–Crippen MR) is 118 cm³/mol. The van der Waals surface area contributed by atoms with Crippen LogP contribution in [0.3, 0.4) is 0 Å². The summed E-state index contributed by atoms with van der Waals surface area (Å²) in [6.07, 6.45) is 10.7. The van der Waals surface area contributed by atoms with Gasteiger partial charge in [0.05, 0.1) is 23.1 Å². The highest BCUT2D eigenvalue weighted by Crippen LogP contribution is 2.33. The molecular weight excluding hydrogens is 374 g/mol. The van der Waals surface area contributed by atoms with Crippen LogP contribution >= 0.6 is 0 Å². The molecule has 6 heterocycles. The second-order valence-corrected chi connectivity index (χ2v) is 7.42. The Morgan fingerprint density at radius 1 is 0.967 bits per heavy atom. The van der Waals surface area contributed by atoms with Crippen molar-refractivity contribution in [3.05, 3.63) is 66.8 Å². The van der Waals surface area contributed by atoms with Crippen molar-refractivity contribution in [1.82, 2.24) is 35.5 Å². The van der Waals surface area contributed by atoms with E-state index in [0.29, 0.717) is 0 Å². The molecule has 5 aromatic heterocycles. The second-order valence-electron chi connectivity index (χ2n) is 7.42. The molecule has 1 aliphatic heterocycles. The number of rotatable bonds is 3. The maximum atomic E-state index is 4.61. The van der Waals surface area contributed by atoms with Gasteiger partial charge in [0.2, 0.25) is 0 Å². The van der Waals surface area contributed by atoms with Crippen LogP contribution in [0.1, 0.15) is 12.0 Å². The SMILES string of the molecule is C1=C(c2cnc3[nH]nc(-c4cc5c(-c6ccccn6)cncc5[nH]4)c3c2)CCNC1. The number of nitrogens with one attached hydrogen (secondary N) is 3. The molecular formula is C23H19N7. The Morgan fingerprint density at radius 3 is 2.83 bits per heavy atom. The molecule has 30 heavy (non-hydrogen) atoms. The number of aromatic amines is 2. The molecule has 3 N–H and O–H groups in total. The molecule has 0 saturated carbocycles. The molecule has 7 nitrogen and oxygen atoms in total. The molecule has 0 saturated heterocycles. The molecule has 0 aliphatic carbocycles. The van der Waals surface area contributed by atoms with E-state index in [-0.39, 0.29) is 0 Å². The normalized spacial score (nSPS) is 14.3. The molecule has 0 aromatic carbocycles. The smallest absolute Gasteiger partial charge is 0.155 e. The molecule has 0 bridgehead atoms. The van der Waals surface area contributed by atoms with Crippen molar-refractivity contribution in [2.75, 3.05) is 13.1 Å². The number of fused-ring (bicyclic) bond motifs is 2. The van der Waals surface area contributed by atoms with Gasteiger partial charge in [-0.1, -0.05) is 12.1 Å². The van der Waals surface area contributed by atoms with Crippen LogP contribution < -0.4 is 5.32 Å². The summed E-state index contributed by atoms with van der Waals surface area (Å²) in [5.41, 5.74) is 7.90. The van der Waals surface area contributed by atoms with Gasteiger partial charge in [-0.3, -0.25) is 15.1 Å². The van der Waals surface area contributed by atoms with E-state index in [1.54, 1.807) is 6.20 Å². The molecule has 6 rings (SSSR count). The van der Waals surface area contributed by atoms with E-state index in [0.717, 1.165) is 69.7 Å². The summed E-state index contributed by atoms with van der Waals surface area (Å²) in [7, 11) is 0. The summed E-state index contributed by atoms with van der Waals surface area (Å²) in [6.45, 7) is 1.89. The molecule has 7 heteroatoms. The van der Waals surface area contributed by atoms with Crippen LogP contribution in [0.5, 0.6) is 0 Å². The van der Waals surface area contributed by atoms with Gasteiger partial charge in [-0.2, -0.15) is 5.10 Å². The van der Waals surface area contributed by atoms with Gasteiger partial charge in [0.15, 0.2) is 5.65 Å². The topological polar surface area (TPSA) is 95.2 Å². The summed E-state index contributed by atoms with van der Waals surface area (Å²) >= 11 is 0. The van der Waals surface area contributed by atoms with Crippen LogP contribution in [0.2, 0.25) is 0 Å². The fourth-order valence-corrected chi connectivity index (χ4v) is 4.07. The van der Waals surface area contributed by atoms with Crippen molar-refractivity contribution in [2.24, 2.45) is 0 Å². The van der Waals surface area contributed by atoms with Gasteiger partial charge in [0.25, 0.3) is 0 Å². The van der Waals surface area contributed by atoms with E-state index in [2.05, 4.69) is 53.7 Å². The lowest BCUT2D eigenvalue weighted by atomic mass is 10.0. The second kappa shape index (κ2) is 6.89. The van der Waals surface area contributed by atoms with Crippen LogP contribution in [0, 0.1) is 0 Å². The van der Waals surface area contributed by atoms with Crippen molar-refractivity contribution < 1.29 is 0 Å².